The van der Waals surface area contributed by atoms with Crippen molar-refractivity contribution in [3.63, 3.8) is 0 Å². The van der Waals surface area contributed by atoms with Crippen molar-refractivity contribution in [3.05, 3.63) is 35.5 Å². The van der Waals surface area contributed by atoms with E-state index in [1.54, 1.807) is 25.3 Å². The van der Waals surface area contributed by atoms with Crippen molar-refractivity contribution in [2.24, 2.45) is 0 Å². The highest BCUT2D eigenvalue weighted by atomic mass is 16.5. The van der Waals surface area contributed by atoms with Crippen molar-refractivity contribution < 1.29 is 14.3 Å². The van der Waals surface area contributed by atoms with Gasteiger partial charge in [0.25, 0.3) is 0 Å². The molecule has 4 rings (SSSR count). The first-order valence-electron chi connectivity index (χ1n) is 8.85. The number of esters is 1. The molecule has 0 amide bonds. The molecule has 0 radical (unpaired) electrons. The van der Waals surface area contributed by atoms with Crippen LogP contribution in [0, 0.1) is 0 Å². The van der Waals surface area contributed by atoms with Gasteiger partial charge in [-0.2, -0.15) is 4.98 Å². The van der Waals surface area contributed by atoms with Gasteiger partial charge in [-0.15, -0.1) is 0 Å². The lowest BCUT2D eigenvalue weighted by molar-refractivity contribution is 0.0601. The van der Waals surface area contributed by atoms with Crippen LogP contribution in [0.1, 0.15) is 47.7 Å². The third-order valence-corrected chi connectivity index (χ3v) is 4.54. The molecule has 0 aliphatic heterocycles. The van der Waals surface area contributed by atoms with Crippen LogP contribution in [-0.2, 0) is 4.74 Å². The highest BCUT2D eigenvalue weighted by Gasteiger charge is 2.28. The fourth-order valence-electron chi connectivity index (χ4n) is 2.78. The fourth-order valence-corrected chi connectivity index (χ4v) is 2.78. The smallest absolute Gasteiger partial charge is 0.337 e. The van der Waals surface area contributed by atoms with Gasteiger partial charge in [0.2, 0.25) is 5.95 Å². The molecule has 26 heavy (non-hydrogen) atoms. The predicted molar refractivity (Wildman–Crippen MR) is 98.3 cm³/mol. The summed E-state index contributed by atoms with van der Waals surface area (Å²) in [5.41, 5.74) is 2.16. The van der Waals surface area contributed by atoms with Gasteiger partial charge in [0.15, 0.2) is 0 Å². The Morgan fingerprint density at radius 1 is 1.12 bits per heavy atom. The lowest BCUT2D eigenvalue weighted by Crippen LogP contribution is -2.09. The number of hydrogen-bond donors (Lipinski definition) is 2. The summed E-state index contributed by atoms with van der Waals surface area (Å²) in [5, 5.41) is 6.64. The van der Waals surface area contributed by atoms with Crippen molar-refractivity contribution in [1.82, 2.24) is 9.97 Å². The largest absolute Gasteiger partial charge is 0.495 e. The van der Waals surface area contributed by atoms with Crippen molar-refractivity contribution in [2.75, 3.05) is 24.9 Å². The molecule has 0 atom stereocenters. The number of anilines is 3. The van der Waals surface area contributed by atoms with Crippen LogP contribution < -0.4 is 15.4 Å². The molecule has 2 saturated carbocycles. The van der Waals surface area contributed by atoms with Crippen LogP contribution in [0.3, 0.4) is 0 Å². The molecule has 7 nitrogen and oxygen atoms in total. The Kier molecular flexibility index (Phi) is 4.36. The average Bonchev–Trinajstić information content (AvgIpc) is 3.54. The normalized spacial score (nSPS) is 16.1. The summed E-state index contributed by atoms with van der Waals surface area (Å²) in [7, 11) is 2.95. The minimum absolute atomic E-state index is 0.395. The Morgan fingerprint density at radius 2 is 1.92 bits per heavy atom. The van der Waals surface area contributed by atoms with E-state index < -0.39 is 5.97 Å². The van der Waals surface area contributed by atoms with Crippen molar-refractivity contribution in [2.45, 2.75) is 37.6 Å². The second kappa shape index (κ2) is 6.82. The van der Waals surface area contributed by atoms with Gasteiger partial charge >= 0.3 is 5.97 Å². The van der Waals surface area contributed by atoms with Crippen molar-refractivity contribution in [3.8, 4) is 5.75 Å². The van der Waals surface area contributed by atoms with Gasteiger partial charge in [-0.3, -0.25) is 0 Å². The third kappa shape index (κ3) is 3.71. The number of nitrogens with zero attached hydrogens (tertiary/aromatic N) is 2. The number of carbonyl (C=O) groups excluding carboxylic acids is 1. The number of aromatic nitrogens is 2. The van der Waals surface area contributed by atoms with Crippen LogP contribution in [0.4, 0.5) is 17.5 Å². The van der Waals surface area contributed by atoms with Gasteiger partial charge in [0.05, 0.1) is 31.2 Å². The van der Waals surface area contributed by atoms with Crippen LogP contribution in [-0.4, -0.2) is 36.2 Å². The standard InChI is InChI=1S/C19H22N4O3/c1-25-16-8-5-12(18(24)26-2)9-15(16)21-17-10-14(11-3-4-11)22-19(23-17)20-13-6-7-13/h5,8-11,13H,3-4,6-7H2,1-2H3,(H2,20,21,22,23). The predicted octanol–water partition coefficient (Wildman–Crippen LogP) is 3.47. The van der Waals surface area contributed by atoms with E-state index in [2.05, 4.69) is 20.6 Å². The van der Waals surface area contributed by atoms with E-state index in [4.69, 9.17) is 9.47 Å². The summed E-state index contributed by atoms with van der Waals surface area (Å²) in [5.74, 6) is 2.09. The first-order valence-corrected chi connectivity index (χ1v) is 8.85. The van der Waals surface area contributed by atoms with E-state index in [9.17, 15) is 4.79 Å². The Bertz CT molecular complexity index is 832. The average molecular weight is 354 g/mol. The first kappa shape index (κ1) is 16.6. The molecule has 136 valence electrons. The molecular formula is C19H22N4O3. The molecule has 2 aliphatic rings. The van der Waals surface area contributed by atoms with Crippen LogP contribution in [0.5, 0.6) is 5.75 Å². The van der Waals surface area contributed by atoms with Crippen molar-refractivity contribution >= 4 is 23.4 Å². The van der Waals surface area contributed by atoms with Crippen LogP contribution >= 0.6 is 0 Å². The molecule has 0 bridgehead atoms. The first-order chi connectivity index (χ1) is 12.7. The molecular weight excluding hydrogens is 332 g/mol. The van der Waals surface area contributed by atoms with E-state index in [1.807, 2.05) is 6.07 Å². The fraction of sp³-hybridized carbons (Fsp3) is 0.421. The minimum Gasteiger partial charge on any atom is -0.495 e. The maximum atomic E-state index is 11.8. The molecule has 2 aliphatic carbocycles. The topological polar surface area (TPSA) is 85.4 Å². The lowest BCUT2D eigenvalue weighted by Gasteiger charge is -2.14. The zero-order chi connectivity index (χ0) is 18.1. The lowest BCUT2D eigenvalue weighted by atomic mass is 10.2. The number of hydrogen-bond acceptors (Lipinski definition) is 7. The number of carbonyl (C=O) groups is 1. The second-order valence-corrected chi connectivity index (χ2v) is 6.73. The van der Waals surface area contributed by atoms with Crippen LogP contribution in [0.2, 0.25) is 0 Å². The van der Waals surface area contributed by atoms with Gasteiger partial charge in [0.1, 0.15) is 11.6 Å². The van der Waals surface area contributed by atoms with Gasteiger partial charge < -0.3 is 20.1 Å². The highest BCUT2D eigenvalue weighted by molar-refractivity contribution is 5.91. The summed E-state index contributed by atoms with van der Waals surface area (Å²) >= 11 is 0. The Morgan fingerprint density at radius 3 is 2.58 bits per heavy atom. The van der Waals surface area contributed by atoms with E-state index in [0.717, 1.165) is 18.5 Å². The van der Waals surface area contributed by atoms with Gasteiger partial charge in [-0.1, -0.05) is 0 Å². The number of rotatable bonds is 7. The molecule has 1 aromatic carbocycles. The van der Waals surface area contributed by atoms with E-state index in [1.165, 1.54) is 20.0 Å². The maximum absolute atomic E-state index is 11.8. The van der Waals surface area contributed by atoms with Crippen LogP contribution in [0.25, 0.3) is 0 Å². The zero-order valence-electron chi connectivity index (χ0n) is 14.9. The number of methoxy groups -OCH3 is 2. The minimum atomic E-state index is -0.395. The number of benzene rings is 1. The van der Waals surface area contributed by atoms with E-state index >= 15 is 0 Å². The molecule has 7 heteroatoms. The molecule has 0 saturated heterocycles. The zero-order valence-corrected chi connectivity index (χ0v) is 14.9. The number of ether oxygens (including phenoxy) is 2. The summed E-state index contributed by atoms with van der Waals surface area (Å²) < 4.78 is 10.2. The van der Waals surface area contributed by atoms with Crippen LogP contribution in [0.15, 0.2) is 24.3 Å². The molecule has 2 aromatic rings. The second-order valence-electron chi connectivity index (χ2n) is 6.73. The Hall–Kier alpha value is -2.83. The SMILES string of the molecule is COC(=O)c1ccc(OC)c(Nc2cc(C3CC3)nc(NC3CC3)n2)c1. The number of nitrogens with one attached hydrogen (secondary N) is 2. The monoisotopic (exact) mass is 354 g/mol. The third-order valence-electron chi connectivity index (χ3n) is 4.54. The van der Waals surface area contributed by atoms with Gasteiger partial charge in [-0.05, 0) is 43.9 Å². The summed E-state index contributed by atoms with van der Waals surface area (Å²) in [6, 6.07) is 7.57. The van der Waals surface area contributed by atoms with Gasteiger partial charge in [0, 0.05) is 18.0 Å². The molecule has 1 heterocycles. The summed E-state index contributed by atoms with van der Waals surface area (Å²) in [6.45, 7) is 0. The quantitative estimate of drug-likeness (QED) is 0.736. The van der Waals surface area contributed by atoms with E-state index in [-0.39, 0.29) is 0 Å². The van der Waals surface area contributed by atoms with Crippen molar-refractivity contribution in [1.29, 1.82) is 0 Å². The summed E-state index contributed by atoms with van der Waals surface area (Å²) in [4.78, 5) is 21.1. The molecule has 2 fully saturated rings. The molecule has 2 N–H and O–H groups in total. The Labute approximate surface area is 152 Å². The Balaban J connectivity index is 1.65. The molecule has 0 unspecified atom stereocenters. The highest BCUT2D eigenvalue weighted by Crippen LogP contribution is 2.40. The molecule has 0 spiro atoms. The maximum Gasteiger partial charge on any atom is 0.337 e. The van der Waals surface area contributed by atoms with Gasteiger partial charge in [-0.25, -0.2) is 9.78 Å². The molecule has 1 aromatic heterocycles. The van der Waals surface area contributed by atoms with E-state index in [0.29, 0.717) is 40.7 Å². The summed E-state index contributed by atoms with van der Waals surface area (Å²) in [6.07, 6.45) is 4.66.